The molecule has 0 spiro atoms. The van der Waals surface area contributed by atoms with Crippen molar-refractivity contribution in [3.8, 4) is 17.6 Å². The van der Waals surface area contributed by atoms with E-state index in [2.05, 4.69) is 5.32 Å². The van der Waals surface area contributed by atoms with E-state index in [1.807, 2.05) is 13.0 Å². The topological polar surface area (TPSA) is 114 Å². The molecule has 0 aliphatic carbocycles. The number of halogens is 1. The number of rotatable bonds is 7. The number of carbonyl (C=O) groups excluding carboxylic acids is 2. The first-order chi connectivity index (χ1) is 13.3. The molecule has 0 unspecified atom stereocenters. The maximum Gasteiger partial charge on any atom is 0.266 e. The second-order valence-electron chi connectivity index (χ2n) is 5.75. The van der Waals surface area contributed by atoms with Gasteiger partial charge in [-0.15, -0.1) is 0 Å². The first-order valence-electron chi connectivity index (χ1n) is 8.12. The number of nitriles is 1. The average Bonchev–Trinajstić information content (AvgIpc) is 2.67. The summed E-state index contributed by atoms with van der Waals surface area (Å²) in [4.78, 5) is 23.2. The molecule has 2 aromatic carbocycles. The van der Waals surface area contributed by atoms with Gasteiger partial charge in [0, 0.05) is 10.7 Å². The van der Waals surface area contributed by atoms with E-state index in [0.717, 1.165) is 5.56 Å². The van der Waals surface area contributed by atoms with Crippen LogP contribution in [0.25, 0.3) is 6.08 Å². The van der Waals surface area contributed by atoms with E-state index in [-0.39, 0.29) is 12.2 Å². The number of nitrogens with zero attached hydrogens (tertiary/aromatic N) is 1. The fraction of sp³-hybridized carbons (Fsp3) is 0.150. The summed E-state index contributed by atoms with van der Waals surface area (Å²) in [5, 5.41) is 12.5. The van der Waals surface area contributed by atoms with Gasteiger partial charge in [0.2, 0.25) is 0 Å². The minimum Gasteiger partial charge on any atom is -0.493 e. The molecule has 0 heterocycles. The highest BCUT2D eigenvalue weighted by Crippen LogP contribution is 2.29. The maximum absolute atomic E-state index is 12.4. The Morgan fingerprint density at radius 1 is 1.25 bits per heavy atom. The lowest BCUT2D eigenvalue weighted by molar-refractivity contribution is -0.120. The third kappa shape index (κ3) is 5.50. The van der Waals surface area contributed by atoms with Gasteiger partial charge < -0.3 is 20.5 Å². The summed E-state index contributed by atoms with van der Waals surface area (Å²) in [7, 11) is 1.43. The number of methoxy groups -OCH3 is 1. The zero-order chi connectivity index (χ0) is 20.7. The molecule has 2 aromatic rings. The quantitative estimate of drug-likeness (QED) is 0.548. The lowest BCUT2D eigenvalue weighted by Gasteiger charge is -2.10. The molecule has 2 rings (SSSR count). The second kappa shape index (κ2) is 9.44. The molecule has 7 nitrogen and oxygen atoms in total. The van der Waals surface area contributed by atoms with Crippen LogP contribution in [0.3, 0.4) is 0 Å². The fourth-order valence-electron chi connectivity index (χ4n) is 2.23. The molecule has 28 heavy (non-hydrogen) atoms. The Hall–Kier alpha value is -3.50. The fourth-order valence-corrected chi connectivity index (χ4v) is 2.41. The van der Waals surface area contributed by atoms with Crippen LogP contribution in [0.15, 0.2) is 42.0 Å². The summed E-state index contributed by atoms with van der Waals surface area (Å²) in [6.07, 6.45) is 1.41. The molecular weight excluding hydrogens is 382 g/mol. The van der Waals surface area contributed by atoms with Gasteiger partial charge in [0.05, 0.1) is 7.11 Å². The monoisotopic (exact) mass is 399 g/mol. The number of hydrogen-bond donors (Lipinski definition) is 2. The number of primary amides is 1. The van der Waals surface area contributed by atoms with E-state index in [9.17, 15) is 14.9 Å². The first kappa shape index (κ1) is 20.8. The Morgan fingerprint density at radius 2 is 2.00 bits per heavy atom. The highest BCUT2D eigenvalue weighted by molar-refractivity contribution is 6.31. The number of nitrogens with one attached hydrogen (secondary N) is 1. The summed E-state index contributed by atoms with van der Waals surface area (Å²) < 4.78 is 10.5. The van der Waals surface area contributed by atoms with Crippen molar-refractivity contribution < 1.29 is 19.1 Å². The number of hydrogen-bond acceptors (Lipinski definition) is 5. The van der Waals surface area contributed by atoms with Crippen LogP contribution < -0.4 is 20.5 Å². The number of ether oxygens (including phenoxy) is 2. The molecule has 144 valence electrons. The zero-order valence-electron chi connectivity index (χ0n) is 15.3. The Labute approximate surface area is 167 Å². The van der Waals surface area contributed by atoms with E-state index in [4.69, 9.17) is 26.8 Å². The maximum atomic E-state index is 12.4. The van der Waals surface area contributed by atoms with Gasteiger partial charge >= 0.3 is 0 Å². The Kier molecular flexibility index (Phi) is 7.02. The van der Waals surface area contributed by atoms with Crippen LogP contribution in [0.4, 0.5) is 5.69 Å². The van der Waals surface area contributed by atoms with Crippen molar-refractivity contribution in [2.24, 2.45) is 5.73 Å². The molecular formula is C20H18ClN3O4. The van der Waals surface area contributed by atoms with Crippen LogP contribution in [0, 0.1) is 18.3 Å². The van der Waals surface area contributed by atoms with Gasteiger partial charge in [-0.25, -0.2) is 0 Å². The van der Waals surface area contributed by atoms with Crippen LogP contribution in [-0.2, 0) is 9.59 Å². The standard InChI is InChI=1S/C20H18ClN3O4/c1-12-3-5-15(9-16(12)21)24-20(26)14(10-22)7-13-4-6-17(18(8-13)27-2)28-11-19(23)25/h3-9H,11H2,1-2H3,(H2,23,25)(H,24,26)/b14-7+. The molecule has 0 saturated carbocycles. The molecule has 0 aliphatic heterocycles. The minimum atomic E-state index is -0.620. The molecule has 0 bridgehead atoms. The normalized spacial score (nSPS) is 10.7. The van der Waals surface area contributed by atoms with Crippen molar-refractivity contribution in [3.63, 3.8) is 0 Å². The van der Waals surface area contributed by atoms with Crippen molar-refractivity contribution in [1.29, 1.82) is 5.26 Å². The summed E-state index contributed by atoms with van der Waals surface area (Å²) in [5.74, 6) is -0.546. The largest absolute Gasteiger partial charge is 0.493 e. The minimum absolute atomic E-state index is 0.107. The van der Waals surface area contributed by atoms with E-state index < -0.39 is 11.8 Å². The Bertz CT molecular complexity index is 980. The van der Waals surface area contributed by atoms with E-state index in [1.165, 1.54) is 13.2 Å². The van der Waals surface area contributed by atoms with Gasteiger partial charge in [0.15, 0.2) is 18.1 Å². The van der Waals surface area contributed by atoms with Gasteiger partial charge in [-0.05, 0) is 48.4 Å². The number of amides is 2. The van der Waals surface area contributed by atoms with Crippen LogP contribution in [0.2, 0.25) is 5.02 Å². The summed E-state index contributed by atoms with van der Waals surface area (Å²) in [6, 6.07) is 11.7. The van der Waals surface area contributed by atoms with Gasteiger partial charge in [-0.1, -0.05) is 23.7 Å². The highest BCUT2D eigenvalue weighted by Gasteiger charge is 2.12. The van der Waals surface area contributed by atoms with Crippen molar-refractivity contribution in [2.75, 3.05) is 19.0 Å². The predicted molar refractivity (Wildman–Crippen MR) is 106 cm³/mol. The number of benzene rings is 2. The van der Waals surface area contributed by atoms with E-state index in [0.29, 0.717) is 27.8 Å². The van der Waals surface area contributed by atoms with Crippen molar-refractivity contribution >= 4 is 35.2 Å². The predicted octanol–water partition coefficient (Wildman–Crippen LogP) is 3.07. The summed E-state index contributed by atoms with van der Waals surface area (Å²) in [5.41, 5.74) is 6.85. The summed E-state index contributed by atoms with van der Waals surface area (Å²) in [6.45, 7) is 1.55. The summed E-state index contributed by atoms with van der Waals surface area (Å²) >= 11 is 6.05. The van der Waals surface area contributed by atoms with Crippen LogP contribution in [-0.4, -0.2) is 25.5 Å². The molecule has 0 fully saturated rings. The average molecular weight is 400 g/mol. The smallest absolute Gasteiger partial charge is 0.266 e. The molecule has 2 amide bonds. The lowest BCUT2D eigenvalue weighted by atomic mass is 10.1. The van der Waals surface area contributed by atoms with Crippen molar-refractivity contribution in [2.45, 2.75) is 6.92 Å². The Balaban J connectivity index is 2.22. The van der Waals surface area contributed by atoms with Gasteiger partial charge in [0.1, 0.15) is 11.6 Å². The molecule has 0 atom stereocenters. The van der Waals surface area contributed by atoms with Crippen molar-refractivity contribution in [1.82, 2.24) is 0 Å². The third-order valence-electron chi connectivity index (χ3n) is 3.66. The molecule has 0 aliphatic rings. The molecule has 0 radical (unpaired) electrons. The van der Waals surface area contributed by atoms with Crippen LogP contribution >= 0.6 is 11.6 Å². The number of anilines is 1. The lowest BCUT2D eigenvalue weighted by Crippen LogP contribution is -2.20. The molecule has 0 aromatic heterocycles. The third-order valence-corrected chi connectivity index (χ3v) is 4.07. The van der Waals surface area contributed by atoms with E-state index >= 15 is 0 Å². The SMILES string of the molecule is COc1cc(/C=C(\C#N)C(=O)Nc2ccc(C)c(Cl)c2)ccc1OCC(N)=O. The van der Waals surface area contributed by atoms with Crippen molar-refractivity contribution in [3.05, 3.63) is 58.1 Å². The molecule has 3 N–H and O–H groups in total. The van der Waals surface area contributed by atoms with Gasteiger partial charge in [0.25, 0.3) is 11.8 Å². The highest BCUT2D eigenvalue weighted by atomic mass is 35.5. The van der Waals surface area contributed by atoms with Crippen LogP contribution in [0.5, 0.6) is 11.5 Å². The van der Waals surface area contributed by atoms with E-state index in [1.54, 1.807) is 36.4 Å². The Morgan fingerprint density at radius 3 is 2.61 bits per heavy atom. The van der Waals surface area contributed by atoms with Crippen LogP contribution in [0.1, 0.15) is 11.1 Å². The zero-order valence-corrected chi connectivity index (χ0v) is 16.0. The number of aryl methyl sites for hydroxylation is 1. The van der Waals surface area contributed by atoms with Gasteiger partial charge in [-0.2, -0.15) is 5.26 Å². The number of nitrogens with two attached hydrogens (primary N) is 1. The number of carbonyl (C=O) groups is 2. The second-order valence-corrected chi connectivity index (χ2v) is 6.16. The molecule has 0 saturated heterocycles. The van der Waals surface area contributed by atoms with Gasteiger partial charge in [-0.3, -0.25) is 9.59 Å². The first-order valence-corrected chi connectivity index (χ1v) is 8.50. The molecule has 8 heteroatoms.